The summed E-state index contributed by atoms with van der Waals surface area (Å²) in [6.45, 7) is 9.10. The van der Waals surface area contributed by atoms with Gasteiger partial charge in [-0.3, -0.25) is 28.8 Å². The van der Waals surface area contributed by atoms with E-state index in [-0.39, 0.29) is 49.0 Å². The Morgan fingerprint density at radius 1 is 0.769 bits per heavy atom. The fourth-order valence-electron chi connectivity index (χ4n) is 9.62. The largest absolute Gasteiger partial charge is 0.460 e. The van der Waals surface area contributed by atoms with E-state index in [4.69, 9.17) is 27.8 Å². The second-order valence-electron chi connectivity index (χ2n) is 18.5. The van der Waals surface area contributed by atoms with Gasteiger partial charge in [0.05, 0.1) is 61.6 Å². The first-order chi connectivity index (χ1) is 37.8. The lowest BCUT2D eigenvalue weighted by molar-refractivity contribution is -0.00710. The second kappa shape index (κ2) is 24.6. The number of aryl methyl sites for hydroxylation is 2. The van der Waals surface area contributed by atoms with Crippen LogP contribution >= 0.6 is 15.9 Å². The highest BCUT2D eigenvalue weighted by molar-refractivity contribution is 9.10. The molecule has 0 saturated carbocycles. The summed E-state index contributed by atoms with van der Waals surface area (Å²) in [6, 6.07) is 10.1. The average molecular weight is 1130 g/mol. The number of hydrogen-bond acceptors (Lipinski definition) is 17. The first kappa shape index (κ1) is 54.9. The van der Waals surface area contributed by atoms with Crippen LogP contribution in [0.1, 0.15) is 82.8 Å². The number of nitrogens with zero attached hydrogens (tertiary/aromatic N) is 11. The van der Waals surface area contributed by atoms with Gasteiger partial charge in [0, 0.05) is 103 Å². The third-order valence-electron chi connectivity index (χ3n) is 13.4. The number of amides is 1. The van der Waals surface area contributed by atoms with E-state index in [2.05, 4.69) is 63.3 Å². The maximum Gasteiger partial charge on any atom is 0.414 e. The Bertz CT molecular complexity index is 3580. The van der Waals surface area contributed by atoms with Crippen LogP contribution in [0.3, 0.4) is 0 Å². The van der Waals surface area contributed by atoms with Crippen molar-refractivity contribution in [1.82, 2.24) is 49.0 Å². The highest BCUT2D eigenvalue weighted by atomic mass is 79.9. The number of pyridine rings is 4. The number of anilines is 2. The van der Waals surface area contributed by atoms with Crippen molar-refractivity contribution in [3.8, 4) is 33.8 Å². The zero-order chi connectivity index (χ0) is 55.0. The van der Waals surface area contributed by atoms with Gasteiger partial charge < -0.3 is 33.1 Å². The summed E-state index contributed by atoms with van der Waals surface area (Å²) >= 11 is 3.12. The van der Waals surface area contributed by atoms with Gasteiger partial charge in [-0.1, -0.05) is 13.8 Å². The lowest BCUT2D eigenvalue weighted by Crippen LogP contribution is -2.46. The quantitative estimate of drug-likeness (QED) is 0.0884. The van der Waals surface area contributed by atoms with Crippen LogP contribution in [0.5, 0.6) is 0 Å². The monoisotopic (exact) mass is 1130 g/mol. The molecule has 0 radical (unpaired) electrons. The van der Waals surface area contributed by atoms with Crippen LogP contribution in [0, 0.1) is 5.95 Å². The van der Waals surface area contributed by atoms with E-state index in [1.165, 1.54) is 12.3 Å². The summed E-state index contributed by atoms with van der Waals surface area (Å²) in [5.74, 6) is -0.418. The third-order valence-corrected chi connectivity index (χ3v) is 13.9. The van der Waals surface area contributed by atoms with Gasteiger partial charge in [-0.05, 0) is 105 Å². The van der Waals surface area contributed by atoms with Gasteiger partial charge in [-0.25, -0.2) is 24.4 Å². The van der Waals surface area contributed by atoms with E-state index in [1.54, 1.807) is 75.8 Å². The minimum Gasteiger partial charge on any atom is -0.460 e. The van der Waals surface area contributed by atoms with Crippen LogP contribution in [0.4, 0.5) is 20.7 Å². The summed E-state index contributed by atoms with van der Waals surface area (Å²) in [5, 5.41) is 12.9. The number of rotatable bonds is 12. The summed E-state index contributed by atoms with van der Waals surface area (Å²) < 4.78 is 52.7. The minimum atomic E-state index is -0.648. The van der Waals surface area contributed by atoms with E-state index in [0.717, 1.165) is 63.7 Å². The van der Waals surface area contributed by atoms with Crippen molar-refractivity contribution in [3.05, 3.63) is 113 Å². The number of hydrogen-bond donors (Lipinski definition) is 1. The normalized spacial score (nSPS) is 17.2. The Hall–Kier alpha value is -7.89. The molecule has 1 N–H and O–H groups in total. The molecule has 2 aliphatic rings. The molecule has 408 valence electrons. The Morgan fingerprint density at radius 2 is 1.42 bits per heavy atom. The first-order valence-electron chi connectivity index (χ1n) is 25.8. The summed E-state index contributed by atoms with van der Waals surface area (Å²) in [6.07, 6.45) is 17.6. The number of carbonyl (C=O) groups is 2. The fraction of sp³-hybridized carbons (Fsp3) is 0.382. The fourth-order valence-corrected chi connectivity index (χ4v) is 9.85. The summed E-state index contributed by atoms with van der Waals surface area (Å²) in [4.78, 5) is 62.8. The number of aromatic nitrogens is 10. The van der Waals surface area contributed by atoms with E-state index >= 15 is 0 Å². The predicted octanol–water partition coefficient (Wildman–Crippen LogP) is 10.5. The highest BCUT2D eigenvalue weighted by Gasteiger charge is 2.38. The maximum absolute atomic E-state index is 13.7. The van der Waals surface area contributed by atoms with Gasteiger partial charge in [-0.2, -0.15) is 19.6 Å². The van der Waals surface area contributed by atoms with Gasteiger partial charge in [0.2, 0.25) is 11.7 Å². The molecule has 4 atom stereocenters. The Labute approximate surface area is 456 Å². The number of fused-ring (bicyclic) bond motifs is 4. The number of ether oxygens (including phenoxy) is 4. The van der Waals surface area contributed by atoms with Crippen LogP contribution in [0.2, 0.25) is 0 Å². The van der Waals surface area contributed by atoms with Gasteiger partial charge in [0.15, 0.2) is 16.7 Å². The standard InChI is InChI=1S/C26H27N7O3.C24H30N4O6.C5H3BrFN/c1-4-18-9-17(7-8-35-18)33-24-19-10-20(16-12-30-32(3)14-16)28-13-21(19)36-25(24)23(31-26(33)34)15-5-6-22(27-2)29-11-15;1-5-17-10-16(8-9-33-17)28(24(30)32-7-3)21-18-11-19(15-12-26-27(4)14-15)25-13-20(18)34-22(21)23(29)31-6-2;6-4-1-2-5(7)8-3-4/h5-6,10-14,17-18H,4,7-9H2,1-3H3,(H,27,29);11-14,16-17H,5-10H2,1-4H3;1-3H/t17-,18-;16-,17-;/m00./s1. The first-order valence-corrected chi connectivity index (χ1v) is 26.6. The third kappa shape index (κ3) is 12.0. The number of esters is 1. The lowest BCUT2D eigenvalue weighted by Gasteiger charge is -2.36. The van der Waals surface area contributed by atoms with Crippen LogP contribution in [0.25, 0.3) is 66.8 Å². The molecule has 0 aliphatic carbocycles. The van der Waals surface area contributed by atoms with Crippen molar-refractivity contribution in [2.45, 2.75) is 90.5 Å². The minimum absolute atomic E-state index is 0.00695. The molecule has 78 heavy (non-hydrogen) atoms. The van der Waals surface area contributed by atoms with Gasteiger partial charge in [0.25, 0.3) is 0 Å². The van der Waals surface area contributed by atoms with Crippen LogP contribution in [0.15, 0.2) is 104 Å². The topological polar surface area (TPSA) is 235 Å². The predicted molar refractivity (Wildman–Crippen MR) is 293 cm³/mol. The molecule has 23 heteroatoms. The van der Waals surface area contributed by atoms with Crippen LogP contribution < -0.4 is 15.9 Å². The molecule has 2 saturated heterocycles. The SMILES string of the molecule is CCOC(=O)c1oc2cnc(-c3cnn(C)c3)cc2c1N(C(=O)OCC)[C@H]1CCO[C@@H](CC)C1.CC[C@H]1C[C@@H](n2c(=O)nc(-c3ccc(NC)nc3)c3oc4cnc(-c5cnn(C)c5)cc4c32)CCO1.Fc1ccc(Br)cn1. The number of carbonyl (C=O) groups excluding carboxylic acids is 2. The highest BCUT2D eigenvalue weighted by Crippen LogP contribution is 2.41. The molecule has 0 bridgehead atoms. The molecule has 11 rings (SSSR count). The van der Waals surface area contributed by atoms with E-state index in [9.17, 15) is 18.8 Å². The Kier molecular flexibility index (Phi) is 17.3. The van der Waals surface area contributed by atoms with Crippen molar-refractivity contribution >= 4 is 72.5 Å². The van der Waals surface area contributed by atoms with Crippen molar-refractivity contribution in [2.24, 2.45) is 14.1 Å². The second-order valence-corrected chi connectivity index (χ2v) is 19.5. The molecule has 0 spiro atoms. The maximum atomic E-state index is 13.7. The van der Waals surface area contributed by atoms with E-state index in [0.29, 0.717) is 70.8 Å². The molecule has 2 aliphatic heterocycles. The number of nitrogens with one attached hydrogen (secondary N) is 1. The molecule has 11 heterocycles. The van der Waals surface area contributed by atoms with Gasteiger partial charge >= 0.3 is 17.8 Å². The van der Waals surface area contributed by atoms with Gasteiger partial charge in [0.1, 0.15) is 22.7 Å². The molecule has 1 amide bonds. The molecule has 9 aromatic rings. The lowest BCUT2D eigenvalue weighted by atomic mass is 9.99. The smallest absolute Gasteiger partial charge is 0.414 e. The zero-order valence-electron chi connectivity index (χ0n) is 44.3. The summed E-state index contributed by atoms with van der Waals surface area (Å²) in [5.41, 5.74) is 6.55. The van der Waals surface area contributed by atoms with E-state index < -0.39 is 18.0 Å². The van der Waals surface area contributed by atoms with Crippen molar-refractivity contribution in [2.75, 3.05) is 43.7 Å². The number of halogens is 2. The van der Waals surface area contributed by atoms with Gasteiger partial charge in [-0.15, -0.1) is 0 Å². The molecular formula is C55H60BrFN12O9. The van der Waals surface area contributed by atoms with Crippen molar-refractivity contribution in [1.29, 1.82) is 0 Å². The molecule has 21 nitrogen and oxygen atoms in total. The van der Waals surface area contributed by atoms with Crippen molar-refractivity contribution < 1.29 is 41.8 Å². The van der Waals surface area contributed by atoms with Crippen molar-refractivity contribution in [3.63, 3.8) is 0 Å². The Morgan fingerprint density at radius 3 is 2.00 bits per heavy atom. The molecule has 0 unspecified atom stereocenters. The Balaban J connectivity index is 0.000000166. The molecule has 0 aromatic carbocycles. The average Bonchev–Trinajstić information content (AvgIpc) is 4.47. The van der Waals surface area contributed by atoms with Crippen LogP contribution in [-0.2, 0) is 33.0 Å². The zero-order valence-corrected chi connectivity index (χ0v) is 45.9. The molecule has 9 aromatic heterocycles. The molecular weight excluding hydrogens is 1070 g/mol. The molecule has 2 fully saturated rings. The summed E-state index contributed by atoms with van der Waals surface area (Å²) in [7, 11) is 5.50. The van der Waals surface area contributed by atoms with E-state index in [1.807, 2.05) is 58.7 Å². The van der Waals surface area contributed by atoms with Crippen LogP contribution in [-0.4, -0.2) is 113 Å². The number of furan rings is 2.